The predicted molar refractivity (Wildman–Crippen MR) is 58.9 cm³/mol. The van der Waals surface area contributed by atoms with Crippen LogP contribution in [-0.4, -0.2) is 34.5 Å². The number of amides is 1. The highest BCUT2D eigenvalue weighted by atomic mass is 16.4. The fourth-order valence-electron chi connectivity index (χ4n) is 2.54. The second kappa shape index (κ2) is 3.75. The van der Waals surface area contributed by atoms with Crippen LogP contribution < -0.4 is 0 Å². The number of hydrogen-bond acceptors (Lipinski definition) is 2. The summed E-state index contributed by atoms with van der Waals surface area (Å²) in [6.07, 6.45) is 3.35. The van der Waals surface area contributed by atoms with Gasteiger partial charge in [0.05, 0.1) is 0 Å². The van der Waals surface area contributed by atoms with E-state index in [4.69, 9.17) is 5.11 Å². The van der Waals surface area contributed by atoms with Crippen LogP contribution in [0.4, 0.5) is 0 Å². The first-order chi connectivity index (χ1) is 7.43. The lowest BCUT2D eigenvalue weighted by atomic mass is 10.0. The van der Waals surface area contributed by atoms with E-state index in [2.05, 4.69) is 13.8 Å². The molecule has 2 atom stereocenters. The van der Waals surface area contributed by atoms with Crippen molar-refractivity contribution in [3.05, 3.63) is 0 Å². The highest BCUT2D eigenvalue weighted by Gasteiger charge is 2.53. The number of carboxylic acid groups (broad SMARTS) is 1. The van der Waals surface area contributed by atoms with Gasteiger partial charge in [0.2, 0.25) is 5.91 Å². The third-order valence-electron chi connectivity index (χ3n) is 3.88. The number of carboxylic acids is 1. The van der Waals surface area contributed by atoms with Crippen LogP contribution in [0.25, 0.3) is 0 Å². The predicted octanol–water partition coefficient (Wildman–Crippen LogP) is 1.50. The Balaban J connectivity index is 2.06. The molecule has 4 heteroatoms. The Bertz CT molecular complexity index is 324. The number of rotatable bonds is 2. The Hall–Kier alpha value is -1.06. The number of hydrogen-bond donors (Lipinski definition) is 1. The molecular formula is C12H19NO3. The van der Waals surface area contributed by atoms with Gasteiger partial charge in [-0.3, -0.25) is 4.79 Å². The molecule has 0 aromatic heterocycles. The molecule has 1 saturated heterocycles. The van der Waals surface area contributed by atoms with Crippen molar-refractivity contribution >= 4 is 11.9 Å². The van der Waals surface area contributed by atoms with Gasteiger partial charge in [-0.1, -0.05) is 13.8 Å². The maximum atomic E-state index is 12.2. The first-order valence-electron chi connectivity index (χ1n) is 5.97. The van der Waals surface area contributed by atoms with Gasteiger partial charge < -0.3 is 10.0 Å². The molecule has 2 aliphatic rings. The number of piperidine rings is 1. The number of carbonyl (C=O) groups excluding carboxylic acids is 1. The molecule has 1 amide bonds. The normalized spacial score (nSPS) is 32.2. The third-order valence-corrected chi connectivity index (χ3v) is 3.88. The van der Waals surface area contributed by atoms with Crippen molar-refractivity contribution in [3.8, 4) is 0 Å². The van der Waals surface area contributed by atoms with E-state index in [1.54, 1.807) is 4.90 Å². The van der Waals surface area contributed by atoms with Crippen molar-refractivity contribution in [2.24, 2.45) is 11.3 Å². The Labute approximate surface area is 95.6 Å². The summed E-state index contributed by atoms with van der Waals surface area (Å²) in [6.45, 7) is 4.74. The molecule has 4 nitrogen and oxygen atoms in total. The van der Waals surface area contributed by atoms with Gasteiger partial charge in [-0.05, 0) is 31.1 Å². The summed E-state index contributed by atoms with van der Waals surface area (Å²) in [6, 6.07) is -0.586. The Morgan fingerprint density at radius 2 is 1.94 bits per heavy atom. The van der Waals surface area contributed by atoms with Gasteiger partial charge in [0.25, 0.3) is 0 Å². The largest absolute Gasteiger partial charge is 0.480 e. The van der Waals surface area contributed by atoms with Gasteiger partial charge in [0.1, 0.15) is 6.04 Å². The van der Waals surface area contributed by atoms with Gasteiger partial charge in [-0.25, -0.2) is 4.79 Å². The van der Waals surface area contributed by atoms with Crippen molar-refractivity contribution in [1.29, 1.82) is 0 Å². The van der Waals surface area contributed by atoms with Crippen molar-refractivity contribution in [1.82, 2.24) is 4.90 Å². The molecule has 2 fully saturated rings. The van der Waals surface area contributed by atoms with Gasteiger partial charge in [-0.15, -0.1) is 0 Å². The Morgan fingerprint density at radius 3 is 2.44 bits per heavy atom. The number of carbonyl (C=O) groups is 2. The van der Waals surface area contributed by atoms with Crippen molar-refractivity contribution in [2.45, 2.75) is 45.6 Å². The molecule has 1 aliphatic heterocycles. The average molecular weight is 225 g/mol. The zero-order chi connectivity index (χ0) is 11.9. The summed E-state index contributed by atoms with van der Waals surface area (Å²) in [5, 5.41) is 9.10. The third kappa shape index (κ3) is 1.93. The lowest BCUT2D eigenvalue weighted by molar-refractivity contribution is -0.153. The van der Waals surface area contributed by atoms with Crippen LogP contribution in [0.5, 0.6) is 0 Å². The minimum Gasteiger partial charge on any atom is -0.480 e. The molecule has 1 N–H and O–H groups in total. The zero-order valence-electron chi connectivity index (χ0n) is 9.90. The van der Waals surface area contributed by atoms with E-state index in [1.165, 1.54) is 0 Å². The summed E-state index contributed by atoms with van der Waals surface area (Å²) in [4.78, 5) is 24.8. The average Bonchev–Trinajstić information content (AvgIpc) is 2.86. The number of aliphatic carboxylic acids is 1. The second-order valence-electron chi connectivity index (χ2n) is 5.63. The molecule has 0 aromatic carbocycles. The molecule has 1 aliphatic carbocycles. The van der Waals surface area contributed by atoms with E-state index in [0.29, 0.717) is 13.0 Å². The molecule has 1 heterocycles. The lowest BCUT2D eigenvalue weighted by Crippen LogP contribution is -2.49. The van der Waals surface area contributed by atoms with Gasteiger partial charge in [0.15, 0.2) is 0 Å². The quantitative estimate of drug-likeness (QED) is 0.774. The lowest BCUT2D eigenvalue weighted by Gasteiger charge is -2.33. The van der Waals surface area contributed by atoms with E-state index in [9.17, 15) is 9.59 Å². The van der Waals surface area contributed by atoms with Gasteiger partial charge in [-0.2, -0.15) is 0 Å². The van der Waals surface area contributed by atoms with E-state index in [-0.39, 0.29) is 17.2 Å². The molecule has 0 radical (unpaired) electrons. The van der Waals surface area contributed by atoms with Crippen molar-refractivity contribution in [2.75, 3.05) is 6.54 Å². The van der Waals surface area contributed by atoms with Crippen molar-refractivity contribution < 1.29 is 14.7 Å². The van der Waals surface area contributed by atoms with Crippen LogP contribution in [0.2, 0.25) is 0 Å². The number of nitrogens with zero attached hydrogens (tertiary/aromatic N) is 1. The minimum atomic E-state index is -0.855. The zero-order valence-corrected chi connectivity index (χ0v) is 9.90. The van der Waals surface area contributed by atoms with Gasteiger partial charge in [0, 0.05) is 12.5 Å². The summed E-state index contributed by atoms with van der Waals surface area (Å²) in [7, 11) is 0. The molecular weight excluding hydrogens is 206 g/mol. The van der Waals surface area contributed by atoms with Crippen LogP contribution in [-0.2, 0) is 9.59 Å². The highest BCUT2D eigenvalue weighted by Crippen LogP contribution is 2.52. The fourth-order valence-corrected chi connectivity index (χ4v) is 2.54. The van der Waals surface area contributed by atoms with E-state index in [1.807, 2.05) is 0 Å². The molecule has 2 rings (SSSR count). The minimum absolute atomic E-state index is 0.0486. The summed E-state index contributed by atoms with van der Waals surface area (Å²) < 4.78 is 0. The monoisotopic (exact) mass is 225 g/mol. The Kier molecular flexibility index (Phi) is 2.68. The van der Waals surface area contributed by atoms with Crippen LogP contribution in [0.15, 0.2) is 0 Å². The van der Waals surface area contributed by atoms with Gasteiger partial charge >= 0.3 is 5.97 Å². The van der Waals surface area contributed by atoms with Crippen molar-refractivity contribution in [3.63, 3.8) is 0 Å². The van der Waals surface area contributed by atoms with Crippen LogP contribution in [0.3, 0.4) is 0 Å². The summed E-state index contributed by atoms with van der Waals surface area (Å²) >= 11 is 0. The van der Waals surface area contributed by atoms with E-state index < -0.39 is 12.0 Å². The molecule has 0 bridgehead atoms. The maximum absolute atomic E-state index is 12.2. The second-order valence-corrected chi connectivity index (χ2v) is 5.63. The smallest absolute Gasteiger partial charge is 0.326 e. The number of likely N-dealkylation sites (tertiary alicyclic amines) is 1. The standard InChI is InChI=1S/C12H19NO3/c1-12(2)7-8(12)10(14)13-6-4-3-5-9(13)11(15)16/h8-9H,3-7H2,1-2H3,(H,15,16)/t8?,9-/m0/s1. The van der Waals surface area contributed by atoms with Crippen LogP contribution in [0.1, 0.15) is 39.5 Å². The first kappa shape index (κ1) is 11.4. The Morgan fingerprint density at radius 1 is 1.31 bits per heavy atom. The van der Waals surface area contributed by atoms with E-state index >= 15 is 0 Å². The molecule has 1 unspecified atom stereocenters. The maximum Gasteiger partial charge on any atom is 0.326 e. The van der Waals surface area contributed by atoms with Crippen LogP contribution in [0, 0.1) is 11.3 Å². The molecule has 0 spiro atoms. The summed E-state index contributed by atoms with van der Waals surface area (Å²) in [5.74, 6) is -0.754. The molecule has 90 valence electrons. The molecule has 1 saturated carbocycles. The fraction of sp³-hybridized carbons (Fsp3) is 0.833. The topological polar surface area (TPSA) is 57.6 Å². The first-order valence-corrected chi connectivity index (χ1v) is 5.97. The molecule has 16 heavy (non-hydrogen) atoms. The summed E-state index contributed by atoms with van der Waals surface area (Å²) in [5.41, 5.74) is 0.0809. The molecule has 0 aromatic rings. The van der Waals surface area contributed by atoms with E-state index in [0.717, 1.165) is 19.3 Å². The highest BCUT2D eigenvalue weighted by molar-refractivity contribution is 5.87. The van der Waals surface area contributed by atoms with Crippen LogP contribution >= 0.6 is 0 Å². The SMILES string of the molecule is CC1(C)CC1C(=O)N1CCCC[C@H]1C(=O)O.